The number of rotatable bonds is 3. The molecular weight excluding hydrogens is 458 g/mol. The zero-order valence-electron chi connectivity index (χ0n) is 18.3. The van der Waals surface area contributed by atoms with Crippen LogP contribution < -0.4 is 11.3 Å². The van der Waals surface area contributed by atoms with E-state index in [0.29, 0.717) is 38.8 Å². The van der Waals surface area contributed by atoms with Gasteiger partial charge in [-0.05, 0) is 50.2 Å². The van der Waals surface area contributed by atoms with E-state index in [0.717, 1.165) is 48.1 Å². The fourth-order valence-electron chi connectivity index (χ4n) is 4.94. The van der Waals surface area contributed by atoms with Crippen LogP contribution in [-0.4, -0.2) is 25.5 Å². The second-order valence-electron chi connectivity index (χ2n) is 8.67. The number of aryl methyl sites for hydroxylation is 4. The Morgan fingerprint density at radius 1 is 1.03 bits per heavy atom. The minimum Gasteiger partial charge on any atom is -0.453 e. The lowest BCUT2D eigenvalue weighted by molar-refractivity contribution is 0.0468. The number of anilines is 1. The highest BCUT2D eigenvalue weighted by atomic mass is 32.1. The van der Waals surface area contributed by atoms with Gasteiger partial charge in [-0.2, -0.15) is 0 Å². The minimum absolute atomic E-state index is 0.0701. The summed E-state index contributed by atoms with van der Waals surface area (Å²) in [6, 6.07) is 0. The Labute approximate surface area is 197 Å². The van der Waals surface area contributed by atoms with Crippen molar-refractivity contribution in [3.63, 3.8) is 0 Å². The van der Waals surface area contributed by atoms with Crippen molar-refractivity contribution in [2.45, 2.75) is 65.0 Å². The summed E-state index contributed by atoms with van der Waals surface area (Å²) in [5.41, 5.74) is 8.15. The molecule has 6 rings (SSSR count). The molecule has 0 spiro atoms. The Hall–Kier alpha value is -2.85. The number of nitrogens with zero attached hydrogens (tertiary/aromatic N) is 4. The first kappa shape index (κ1) is 20.7. The van der Waals surface area contributed by atoms with Crippen LogP contribution in [0.5, 0.6) is 0 Å². The Morgan fingerprint density at radius 2 is 1.85 bits per heavy atom. The first-order chi connectivity index (χ1) is 16.0. The molecule has 8 nitrogen and oxygen atoms in total. The zero-order chi connectivity index (χ0) is 22.7. The summed E-state index contributed by atoms with van der Waals surface area (Å²) in [5, 5.41) is 1.48. The second-order valence-corrected chi connectivity index (χ2v) is 10.8. The fraction of sp³-hybridized carbons (Fsp3) is 0.435. The number of carbonyl (C=O) groups is 1. The van der Waals surface area contributed by atoms with Gasteiger partial charge >= 0.3 is 5.97 Å². The van der Waals surface area contributed by atoms with Crippen LogP contribution >= 0.6 is 22.7 Å². The van der Waals surface area contributed by atoms with Crippen LogP contribution in [0.3, 0.4) is 0 Å². The number of nitrogen functional groups attached to an aromatic ring is 1. The monoisotopic (exact) mass is 481 g/mol. The Bertz CT molecular complexity index is 1500. The van der Waals surface area contributed by atoms with Gasteiger partial charge in [0.25, 0.3) is 5.56 Å². The van der Waals surface area contributed by atoms with Crippen LogP contribution in [0, 0.1) is 6.92 Å². The highest BCUT2D eigenvalue weighted by molar-refractivity contribution is 7.20. The average molecular weight is 482 g/mol. The van der Waals surface area contributed by atoms with Crippen molar-refractivity contribution in [2.75, 3.05) is 5.73 Å². The van der Waals surface area contributed by atoms with Crippen molar-refractivity contribution < 1.29 is 9.53 Å². The summed E-state index contributed by atoms with van der Waals surface area (Å²) in [4.78, 5) is 42.7. The van der Waals surface area contributed by atoms with Crippen molar-refractivity contribution in [1.82, 2.24) is 19.5 Å². The smallest absolute Gasteiger partial charge is 0.349 e. The van der Waals surface area contributed by atoms with Crippen molar-refractivity contribution in [3.05, 3.63) is 42.9 Å². The third-order valence-corrected chi connectivity index (χ3v) is 8.92. The van der Waals surface area contributed by atoms with Gasteiger partial charge in [-0.1, -0.05) is 6.42 Å². The highest BCUT2D eigenvalue weighted by Crippen LogP contribution is 2.37. The molecule has 0 radical (unpaired) electrons. The van der Waals surface area contributed by atoms with Gasteiger partial charge in [-0.3, -0.25) is 9.36 Å². The fourth-order valence-corrected chi connectivity index (χ4v) is 7.31. The third kappa shape index (κ3) is 3.34. The van der Waals surface area contributed by atoms with E-state index in [4.69, 9.17) is 10.5 Å². The van der Waals surface area contributed by atoms with E-state index < -0.39 is 5.97 Å². The first-order valence-electron chi connectivity index (χ1n) is 11.3. The van der Waals surface area contributed by atoms with Crippen LogP contribution in [0.25, 0.3) is 20.4 Å². The SMILES string of the molecule is Cc1c(C(=O)OCc2nc(N)c3c4c(sc3n2)CCCCC4)sc2nc3n(c(=O)c12)CCC3. The predicted molar refractivity (Wildman–Crippen MR) is 129 cm³/mol. The number of fused-ring (bicyclic) bond motifs is 5. The molecule has 1 aliphatic heterocycles. The first-order valence-corrected chi connectivity index (χ1v) is 12.9. The van der Waals surface area contributed by atoms with Gasteiger partial charge in [0.2, 0.25) is 0 Å². The lowest BCUT2D eigenvalue weighted by atomic mass is 10.1. The van der Waals surface area contributed by atoms with Crippen LogP contribution in [0.4, 0.5) is 5.82 Å². The molecule has 0 saturated carbocycles. The van der Waals surface area contributed by atoms with E-state index in [1.165, 1.54) is 34.6 Å². The Balaban J connectivity index is 1.28. The molecule has 4 aromatic rings. The highest BCUT2D eigenvalue weighted by Gasteiger charge is 2.25. The van der Waals surface area contributed by atoms with Gasteiger partial charge in [0, 0.05) is 17.8 Å². The topological polar surface area (TPSA) is 113 Å². The molecule has 2 aliphatic rings. The van der Waals surface area contributed by atoms with Crippen LogP contribution in [0.1, 0.15) is 63.0 Å². The molecule has 0 amide bonds. The molecule has 2 N–H and O–H groups in total. The Kier molecular flexibility index (Phi) is 4.95. The summed E-state index contributed by atoms with van der Waals surface area (Å²) in [6.07, 6.45) is 7.37. The maximum Gasteiger partial charge on any atom is 0.349 e. The zero-order valence-corrected chi connectivity index (χ0v) is 19.9. The molecule has 170 valence electrons. The molecule has 0 bridgehead atoms. The summed E-state index contributed by atoms with van der Waals surface area (Å²) in [6.45, 7) is 2.39. The quantitative estimate of drug-likeness (QED) is 0.348. The molecular formula is C23H23N5O3S2. The standard InChI is InChI=1S/C23H23N5O3S2/c1-11-16-20(27-15-8-5-9-28(15)22(16)29)33-18(11)23(30)31-10-14-25-19(24)17-12-6-3-2-4-7-13(12)32-21(17)26-14/h2-10H2,1H3,(H2,24,25,26). The van der Waals surface area contributed by atoms with E-state index >= 15 is 0 Å². The number of hydrogen-bond donors (Lipinski definition) is 1. The maximum absolute atomic E-state index is 12.9. The van der Waals surface area contributed by atoms with Crippen molar-refractivity contribution >= 4 is 54.9 Å². The van der Waals surface area contributed by atoms with E-state index in [2.05, 4.69) is 15.0 Å². The van der Waals surface area contributed by atoms with E-state index in [1.54, 1.807) is 22.8 Å². The van der Waals surface area contributed by atoms with Crippen LogP contribution in [-0.2, 0) is 37.2 Å². The lowest BCUT2D eigenvalue weighted by Crippen LogP contribution is -2.20. The van der Waals surface area contributed by atoms with E-state index in [9.17, 15) is 9.59 Å². The molecule has 0 unspecified atom stereocenters. The molecule has 0 saturated heterocycles. The molecule has 1 aliphatic carbocycles. The van der Waals surface area contributed by atoms with Crippen LogP contribution in [0.2, 0.25) is 0 Å². The number of hydrogen-bond acceptors (Lipinski definition) is 9. The average Bonchev–Trinajstić information content (AvgIpc) is 3.44. The maximum atomic E-state index is 12.9. The van der Waals surface area contributed by atoms with Gasteiger partial charge in [0.05, 0.1) is 10.8 Å². The number of carbonyl (C=O) groups excluding carboxylic acids is 1. The van der Waals surface area contributed by atoms with Crippen molar-refractivity contribution in [1.29, 1.82) is 0 Å². The predicted octanol–water partition coefficient (Wildman–Crippen LogP) is 3.93. The van der Waals surface area contributed by atoms with Gasteiger partial charge in [0.15, 0.2) is 12.4 Å². The van der Waals surface area contributed by atoms with Crippen LogP contribution in [0.15, 0.2) is 4.79 Å². The number of aromatic nitrogens is 4. The largest absolute Gasteiger partial charge is 0.453 e. The molecule has 10 heteroatoms. The third-order valence-electron chi connectivity index (χ3n) is 6.57. The normalized spacial score (nSPS) is 15.5. The molecule has 4 aromatic heterocycles. The van der Waals surface area contributed by atoms with Gasteiger partial charge in [-0.25, -0.2) is 19.7 Å². The number of esters is 1. The number of nitrogens with two attached hydrogens (primary N) is 1. The van der Waals surface area contributed by atoms with E-state index in [-0.39, 0.29) is 12.2 Å². The minimum atomic E-state index is -0.496. The summed E-state index contributed by atoms with van der Waals surface area (Å²) in [7, 11) is 0. The van der Waals surface area contributed by atoms with E-state index in [1.807, 2.05) is 0 Å². The van der Waals surface area contributed by atoms with Gasteiger partial charge in [-0.15, -0.1) is 22.7 Å². The molecule has 5 heterocycles. The Morgan fingerprint density at radius 3 is 2.73 bits per heavy atom. The van der Waals surface area contributed by atoms with Crippen molar-refractivity contribution in [2.24, 2.45) is 0 Å². The molecule has 0 fully saturated rings. The number of ether oxygens (including phenoxy) is 1. The second kappa shape index (κ2) is 7.88. The van der Waals surface area contributed by atoms with Gasteiger partial charge in [0.1, 0.15) is 26.2 Å². The van der Waals surface area contributed by atoms with Crippen molar-refractivity contribution in [3.8, 4) is 0 Å². The number of thiophene rings is 2. The van der Waals surface area contributed by atoms with Gasteiger partial charge < -0.3 is 10.5 Å². The molecule has 0 aromatic carbocycles. The lowest BCUT2D eigenvalue weighted by Gasteiger charge is -2.06. The summed E-state index contributed by atoms with van der Waals surface area (Å²) < 4.78 is 7.26. The molecule has 33 heavy (non-hydrogen) atoms. The summed E-state index contributed by atoms with van der Waals surface area (Å²) in [5.74, 6) is 1.14. The summed E-state index contributed by atoms with van der Waals surface area (Å²) >= 11 is 2.89. The molecule has 0 atom stereocenters.